The maximum absolute atomic E-state index is 14.7. The van der Waals surface area contributed by atoms with E-state index in [0.29, 0.717) is 33.7 Å². The molecule has 1 fully saturated rings. The van der Waals surface area contributed by atoms with E-state index in [0.717, 1.165) is 35.6 Å². The first kappa shape index (κ1) is 35.3. The SMILES string of the molecule is CCOc1ccc(S(=O)(=O)N(CC(=O)N(Cc2c(Cl)cccc2Cl)[C@@H](Cc2ccccc2)C(=O)NC2CCCC2)c2ccccc2)cc1. The largest absolute Gasteiger partial charge is 0.494 e. The number of para-hydroxylation sites is 1. The van der Waals surface area contributed by atoms with Crippen molar-refractivity contribution in [2.45, 2.75) is 62.6 Å². The van der Waals surface area contributed by atoms with E-state index in [1.165, 1.54) is 17.0 Å². The predicted molar refractivity (Wildman–Crippen MR) is 190 cm³/mol. The zero-order valence-corrected chi connectivity index (χ0v) is 29.1. The Balaban J connectivity index is 1.57. The molecule has 2 amide bonds. The fourth-order valence-electron chi connectivity index (χ4n) is 5.90. The first-order valence-corrected chi connectivity index (χ1v) is 18.2. The minimum Gasteiger partial charge on any atom is -0.494 e. The van der Waals surface area contributed by atoms with Gasteiger partial charge in [0.2, 0.25) is 11.8 Å². The third kappa shape index (κ3) is 8.69. The molecule has 11 heteroatoms. The third-order valence-electron chi connectivity index (χ3n) is 8.41. The van der Waals surface area contributed by atoms with Crippen LogP contribution >= 0.6 is 23.2 Å². The van der Waals surface area contributed by atoms with Crippen LogP contribution in [0.2, 0.25) is 10.0 Å². The van der Waals surface area contributed by atoms with Crippen LogP contribution in [0.3, 0.4) is 0 Å². The summed E-state index contributed by atoms with van der Waals surface area (Å²) in [7, 11) is -4.25. The van der Waals surface area contributed by atoms with Gasteiger partial charge in [0, 0.05) is 34.6 Å². The quantitative estimate of drug-likeness (QED) is 0.149. The van der Waals surface area contributed by atoms with Crippen LogP contribution in [-0.2, 0) is 32.6 Å². The van der Waals surface area contributed by atoms with Crippen molar-refractivity contribution < 1.29 is 22.7 Å². The van der Waals surface area contributed by atoms with Gasteiger partial charge in [0.25, 0.3) is 10.0 Å². The highest BCUT2D eigenvalue weighted by molar-refractivity contribution is 7.92. The smallest absolute Gasteiger partial charge is 0.264 e. The van der Waals surface area contributed by atoms with Crippen molar-refractivity contribution in [3.05, 3.63) is 124 Å². The minimum absolute atomic E-state index is 0.00233. The summed E-state index contributed by atoms with van der Waals surface area (Å²) in [6.45, 7) is 1.58. The van der Waals surface area contributed by atoms with Crippen molar-refractivity contribution in [2.24, 2.45) is 0 Å². The van der Waals surface area contributed by atoms with Gasteiger partial charge in [0.05, 0.1) is 17.2 Å². The number of nitrogens with zero attached hydrogens (tertiary/aromatic N) is 2. The van der Waals surface area contributed by atoms with Gasteiger partial charge in [-0.2, -0.15) is 0 Å². The number of halogens is 2. The molecule has 1 saturated carbocycles. The first-order valence-electron chi connectivity index (χ1n) is 16.0. The van der Waals surface area contributed by atoms with E-state index in [4.69, 9.17) is 27.9 Å². The van der Waals surface area contributed by atoms with E-state index in [1.807, 2.05) is 37.3 Å². The van der Waals surface area contributed by atoms with Crippen molar-refractivity contribution in [3.8, 4) is 5.75 Å². The summed E-state index contributed by atoms with van der Waals surface area (Å²) in [5, 5.41) is 3.82. The molecule has 4 aromatic rings. The van der Waals surface area contributed by atoms with Crippen LogP contribution in [0.15, 0.2) is 108 Å². The van der Waals surface area contributed by atoms with Crippen LogP contribution < -0.4 is 14.4 Å². The molecule has 8 nitrogen and oxygen atoms in total. The number of sulfonamides is 1. The number of nitrogens with one attached hydrogen (secondary N) is 1. The average molecular weight is 709 g/mol. The summed E-state index contributed by atoms with van der Waals surface area (Å²) in [5.74, 6) is -0.381. The second kappa shape index (κ2) is 16.4. The van der Waals surface area contributed by atoms with Crippen LogP contribution in [0, 0.1) is 0 Å². The molecule has 1 aliphatic rings. The molecular weight excluding hydrogens is 669 g/mol. The lowest BCUT2D eigenvalue weighted by atomic mass is 10.0. The molecule has 0 spiro atoms. The number of amides is 2. The van der Waals surface area contributed by atoms with Crippen LogP contribution in [-0.4, -0.2) is 50.4 Å². The van der Waals surface area contributed by atoms with Crippen LogP contribution in [0.4, 0.5) is 5.69 Å². The highest BCUT2D eigenvalue weighted by Gasteiger charge is 2.36. The lowest BCUT2D eigenvalue weighted by Gasteiger charge is -2.34. The Morgan fingerprint density at radius 1 is 0.854 bits per heavy atom. The summed E-state index contributed by atoms with van der Waals surface area (Å²) in [6.07, 6.45) is 3.94. The molecule has 0 aliphatic heterocycles. The van der Waals surface area contributed by atoms with Crippen LogP contribution in [0.5, 0.6) is 5.75 Å². The number of benzene rings is 4. The average Bonchev–Trinajstić information content (AvgIpc) is 3.60. The second-order valence-electron chi connectivity index (χ2n) is 11.7. The standard InChI is InChI=1S/C37H39Cl2N3O5S/c1-2-47-30-20-22-31(23-21-30)48(45,46)42(29-16-7-4-8-17-29)26-36(43)41(25-32-33(38)18-11-19-34(32)39)35(24-27-12-5-3-6-13-27)37(44)40-28-14-9-10-15-28/h3-8,11-13,16-23,28,35H,2,9-10,14-15,24-26H2,1H3,(H,40,44)/t35-/m0/s1. The van der Waals surface area contributed by atoms with E-state index in [1.54, 1.807) is 60.7 Å². The maximum atomic E-state index is 14.7. The van der Waals surface area contributed by atoms with Crippen molar-refractivity contribution >= 4 is 50.7 Å². The number of hydrogen-bond acceptors (Lipinski definition) is 5. The van der Waals surface area contributed by atoms with Gasteiger partial charge >= 0.3 is 0 Å². The molecule has 0 aromatic heterocycles. The summed E-state index contributed by atoms with van der Waals surface area (Å²) in [5.41, 5.74) is 1.60. The van der Waals surface area contributed by atoms with Crippen molar-refractivity contribution in [3.63, 3.8) is 0 Å². The Kier molecular flexibility index (Phi) is 12.0. The molecule has 1 atom stereocenters. The molecule has 0 bridgehead atoms. The first-order chi connectivity index (χ1) is 23.2. The van der Waals surface area contributed by atoms with Gasteiger partial charge < -0.3 is 15.0 Å². The van der Waals surface area contributed by atoms with Gasteiger partial charge in [-0.3, -0.25) is 13.9 Å². The van der Waals surface area contributed by atoms with Gasteiger partial charge in [0.15, 0.2) is 0 Å². The highest BCUT2D eigenvalue weighted by atomic mass is 35.5. The molecule has 4 aromatic carbocycles. The molecule has 48 heavy (non-hydrogen) atoms. The molecule has 0 saturated heterocycles. The van der Waals surface area contributed by atoms with E-state index in [2.05, 4.69) is 5.32 Å². The summed E-state index contributed by atoms with van der Waals surface area (Å²) in [4.78, 5) is 30.2. The van der Waals surface area contributed by atoms with E-state index >= 15 is 0 Å². The Bertz CT molecular complexity index is 1760. The Morgan fingerprint density at radius 2 is 1.46 bits per heavy atom. The van der Waals surface area contributed by atoms with Crippen molar-refractivity contribution in [1.29, 1.82) is 0 Å². The number of rotatable bonds is 14. The minimum atomic E-state index is -4.25. The molecule has 0 radical (unpaired) electrons. The number of ether oxygens (including phenoxy) is 1. The lowest BCUT2D eigenvalue weighted by molar-refractivity contribution is -0.140. The summed E-state index contributed by atoms with van der Waals surface area (Å²) in [6, 6.07) is 28.0. The van der Waals surface area contributed by atoms with Gasteiger partial charge in [-0.05, 0) is 73.9 Å². The second-order valence-corrected chi connectivity index (χ2v) is 14.3. The van der Waals surface area contributed by atoms with Gasteiger partial charge in [-0.25, -0.2) is 8.42 Å². The lowest BCUT2D eigenvalue weighted by Crippen LogP contribution is -2.54. The van der Waals surface area contributed by atoms with E-state index < -0.39 is 28.5 Å². The van der Waals surface area contributed by atoms with Crippen LogP contribution in [0.1, 0.15) is 43.7 Å². The fraction of sp³-hybridized carbons (Fsp3) is 0.297. The van der Waals surface area contributed by atoms with E-state index in [-0.39, 0.29) is 29.8 Å². The molecule has 0 heterocycles. The van der Waals surface area contributed by atoms with E-state index in [9.17, 15) is 18.0 Å². The molecule has 252 valence electrons. The monoisotopic (exact) mass is 707 g/mol. The van der Waals surface area contributed by atoms with Gasteiger partial charge in [-0.1, -0.05) is 90.6 Å². The summed E-state index contributed by atoms with van der Waals surface area (Å²) >= 11 is 13.2. The normalized spacial score (nSPS) is 13.9. The Hall–Kier alpha value is -4.05. The van der Waals surface area contributed by atoms with Crippen LogP contribution in [0.25, 0.3) is 0 Å². The van der Waals surface area contributed by atoms with Gasteiger partial charge in [0.1, 0.15) is 18.3 Å². The summed E-state index contributed by atoms with van der Waals surface area (Å²) < 4.78 is 35.1. The number of carbonyl (C=O) groups excluding carboxylic acids is 2. The zero-order chi connectivity index (χ0) is 34.1. The number of hydrogen-bond donors (Lipinski definition) is 1. The molecule has 1 aliphatic carbocycles. The zero-order valence-electron chi connectivity index (χ0n) is 26.7. The predicted octanol–water partition coefficient (Wildman–Crippen LogP) is 7.29. The molecule has 0 unspecified atom stereocenters. The Labute approximate surface area is 292 Å². The van der Waals surface area contributed by atoms with Gasteiger partial charge in [-0.15, -0.1) is 0 Å². The number of anilines is 1. The topological polar surface area (TPSA) is 96.0 Å². The molecule has 1 N–H and O–H groups in total. The number of carbonyl (C=O) groups is 2. The Morgan fingerprint density at radius 3 is 2.06 bits per heavy atom. The van der Waals surface area contributed by atoms with Crippen molar-refractivity contribution in [2.75, 3.05) is 17.5 Å². The third-order valence-corrected chi connectivity index (χ3v) is 10.9. The van der Waals surface area contributed by atoms with Crippen molar-refractivity contribution in [1.82, 2.24) is 10.2 Å². The highest BCUT2D eigenvalue weighted by Crippen LogP contribution is 2.30. The fourth-order valence-corrected chi connectivity index (χ4v) is 7.83. The maximum Gasteiger partial charge on any atom is 0.264 e. The molecular formula is C37H39Cl2N3O5S. The molecule has 5 rings (SSSR count).